The highest BCUT2D eigenvalue weighted by Crippen LogP contribution is 2.18. The molecular formula is C19H15N3O5. The van der Waals surface area contributed by atoms with E-state index in [1.807, 2.05) is 0 Å². The zero-order valence-corrected chi connectivity index (χ0v) is 14.0. The number of non-ortho nitro benzene ring substituents is 1. The van der Waals surface area contributed by atoms with Crippen molar-refractivity contribution in [2.24, 2.45) is 0 Å². The molecule has 0 saturated carbocycles. The molecular weight excluding hydrogens is 350 g/mol. The van der Waals surface area contributed by atoms with Crippen molar-refractivity contribution < 1.29 is 18.9 Å². The van der Waals surface area contributed by atoms with Gasteiger partial charge in [0.15, 0.2) is 11.9 Å². The molecule has 1 aromatic heterocycles. The lowest BCUT2D eigenvalue weighted by molar-refractivity contribution is -0.384. The molecule has 0 saturated heterocycles. The van der Waals surface area contributed by atoms with Crippen molar-refractivity contribution in [1.82, 2.24) is 5.32 Å². The van der Waals surface area contributed by atoms with Crippen LogP contribution in [-0.4, -0.2) is 22.8 Å². The summed E-state index contributed by atoms with van der Waals surface area (Å²) in [5.41, 5.74) is 0.557. The number of benzene rings is 2. The molecule has 0 fully saturated rings. The average Bonchev–Trinajstić information content (AvgIpc) is 3.23. The van der Waals surface area contributed by atoms with Crippen molar-refractivity contribution in [3.05, 3.63) is 94.4 Å². The van der Waals surface area contributed by atoms with Crippen LogP contribution < -0.4 is 10.6 Å². The molecule has 8 heteroatoms. The van der Waals surface area contributed by atoms with E-state index in [9.17, 15) is 19.7 Å². The van der Waals surface area contributed by atoms with E-state index in [4.69, 9.17) is 4.42 Å². The topological polar surface area (TPSA) is 114 Å². The number of hydrogen-bond donors (Lipinski definition) is 2. The first kappa shape index (κ1) is 17.9. The standard InChI is InChI=1S/C19H15N3O5/c23-17(13-6-2-1-3-7-13)18(21-19(24)16-10-5-11-27-16)20-14-8-4-9-15(12-14)22(25)26/h1-12,18,20H,(H,21,24)/t18-/m0/s1. The van der Waals surface area contributed by atoms with Gasteiger partial charge in [0.1, 0.15) is 0 Å². The number of Topliss-reactive ketones (excluding diaryl/α,β-unsaturated/α-hetero) is 1. The van der Waals surface area contributed by atoms with Crippen LogP contribution in [-0.2, 0) is 0 Å². The number of rotatable bonds is 7. The quantitative estimate of drug-likeness (QED) is 0.287. The second kappa shape index (κ2) is 7.96. The summed E-state index contributed by atoms with van der Waals surface area (Å²) < 4.78 is 5.04. The number of furan rings is 1. The lowest BCUT2D eigenvalue weighted by atomic mass is 10.1. The summed E-state index contributed by atoms with van der Waals surface area (Å²) in [6.07, 6.45) is 0.198. The minimum atomic E-state index is -1.15. The van der Waals surface area contributed by atoms with Gasteiger partial charge in [-0.25, -0.2) is 0 Å². The van der Waals surface area contributed by atoms with Gasteiger partial charge in [-0.3, -0.25) is 19.7 Å². The summed E-state index contributed by atoms with van der Waals surface area (Å²) >= 11 is 0. The van der Waals surface area contributed by atoms with Crippen LogP contribution >= 0.6 is 0 Å². The lowest BCUT2D eigenvalue weighted by Gasteiger charge is -2.20. The minimum Gasteiger partial charge on any atom is -0.459 e. The van der Waals surface area contributed by atoms with Gasteiger partial charge in [-0.05, 0) is 18.2 Å². The van der Waals surface area contributed by atoms with Gasteiger partial charge in [-0.15, -0.1) is 0 Å². The molecule has 0 spiro atoms. The summed E-state index contributed by atoms with van der Waals surface area (Å²) in [6, 6.07) is 17.1. The van der Waals surface area contributed by atoms with Gasteiger partial charge in [-0.1, -0.05) is 36.4 Å². The van der Waals surface area contributed by atoms with Crippen LogP contribution in [0.15, 0.2) is 77.4 Å². The summed E-state index contributed by atoms with van der Waals surface area (Å²) in [4.78, 5) is 35.6. The predicted molar refractivity (Wildman–Crippen MR) is 97.5 cm³/mol. The molecule has 2 aromatic carbocycles. The molecule has 0 aliphatic heterocycles. The van der Waals surface area contributed by atoms with Gasteiger partial charge in [-0.2, -0.15) is 0 Å². The maximum absolute atomic E-state index is 12.8. The Kier molecular flexibility index (Phi) is 5.27. The molecule has 2 N–H and O–H groups in total. The molecule has 3 rings (SSSR count). The van der Waals surface area contributed by atoms with Gasteiger partial charge in [0.25, 0.3) is 11.6 Å². The van der Waals surface area contributed by atoms with Crippen LogP contribution in [0.1, 0.15) is 20.9 Å². The van der Waals surface area contributed by atoms with Crippen LogP contribution in [0.4, 0.5) is 11.4 Å². The van der Waals surface area contributed by atoms with Crippen molar-refractivity contribution >= 4 is 23.1 Å². The largest absolute Gasteiger partial charge is 0.459 e. The summed E-state index contributed by atoms with van der Waals surface area (Å²) in [7, 11) is 0. The van der Waals surface area contributed by atoms with Crippen LogP contribution in [0.25, 0.3) is 0 Å². The highest BCUT2D eigenvalue weighted by Gasteiger charge is 2.24. The molecule has 3 aromatic rings. The minimum absolute atomic E-state index is 0.0432. The van der Waals surface area contributed by atoms with E-state index in [1.165, 1.54) is 30.5 Å². The second-order valence-electron chi connectivity index (χ2n) is 5.57. The van der Waals surface area contributed by atoms with Crippen LogP contribution in [0, 0.1) is 10.1 Å². The molecule has 0 radical (unpaired) electrons. The van der Waals surface area contributed by atoms with Crippen LogP contribution in [0.3, 0.4) is 0 Å². The number of ketones is 1. The highest BCUT2D eigenvalue weighted by molar-refractivity contribution is 6.04. The third kappa shape index (κ3) is 4.37. The van der Waals surface area contributed by atoms with Crippen molar-refractivity contribution in [3.63, 3.8) is 0 Å². The van der Waals surface area contributed by atoms with E-state index in [2.05, 4.69) is 10.6 Å². The fourth-order valence-electron chi connectivity index (χ4n) is 2.42. The Bertz CT molecular complexity index is 954. The zero-order chi connectivity index (χ0) is 19.2. The number of nitrogens with zero attached hydrogens (tertiary/aromatic N) is 1. The lowest BCUT2D eigenvalue weighted by Crippen LogP contribution is -2.46. The normalized spacial score (nSPS) is 11.4. The van der Waals surface area contributed by atoms with Gasteiger partial charge >= 0.3 is 0 Å². The fraction of sp³-hybridized carbons (Fsp3) is 0.0526. The van der Waals surface area contributed by atoms with E-state index in [-0.39, 0.29) is 11.4 Å². The predicted octanol–water partition coefficient (Wildman–Crippen LogP) is 3.24. The summed E-state index contributed by atoms with van der Waals surface area (Å²) in [6.45, 7) is 0. The Morgan fingerprint density at radius 3 is 2.44 bits per heavy atom. The van der Waals surface area contributed by atoms with E-state index >= 15 is 0 Å². The summed E-state index contributed by atoms with van der Waals surface area (Å²) in [5.74, 6) is -0.948. The Morgan fingerprint density at radius 2 is 1.78 bits per heavy atom. The molecule has 27 heavy (non-hydrogen) atoms. The number of nitro groups is 1. The van der Waals surface area contributed by atoms with E-state index in [0.29, 0.717) is 11.3 Å². The van der Waals surface area contributed by atoms with E-state index < -0.39 is 22.8 Å². The Morgan fingerprint density at radius 1 is 1.00 bits per heavy atom. The zero-order valence-electron chi connectivity index (χ0n) is 14.0. The maximum atomic E-state index is 12.8. The number of anilines is 1. The third-order valence-corrected chi connectivity index (χ3v) is 3.71. The first-order valence-electron chi connectivity index (χ1n) is 7.99. The fourth-order valence-corrected chi connectivity index (χ4v) is 2.42. The van der Waals surface area contributed by atoms with Crippen molar-refractivity contribution in [3.8, 4) is 0 Å². The van der Waals surface area contributed by atoms with Gasteiger partial charge < -0.3 is 15.1 Å². The molecule has 136 valence electrons. The smallest absolute Gasteiger partial charge is 0.288 e. The van der Waals surface area contributed by atoms with Crippen LogP contribution in [0.2, 0.25) is 0 Å². The number of amides is 1. The van der Waals surface area contributed by atoms with Gasteiger partial charge in [0.05, 0.1) is 11.2 Å². The summed E-state index contributed by atoms with van der Waals surface area (Å²) in [5, 5.41) is 16.3. The van der Waals surface area contributed by atoms with E-state index in [1.54, 1.807) is 42.5 Å². The van der Waals surface area contributed by atoms with Crippen molar-refractivity contribution in [2.45, 2.75) is 6.17 Å². The van der Waals surface area contributed by atoms with Gasteiger partial charge in [0, 0.05) is 23.4 Å². The first-order valence-corrected chi connectivity index (χ1v) is 7.99. The SMILES string of the molecule is O=C(N[C@H](Nc1cccc([N+](=O)[O-])c1)C(=O)c1ccccc1)c1ccco1. The van der Waals surface area contributed by atoms with E-state index in [0.717, 1.165) is 0 Å². The van der Waals surface area contributed by atoms with Crippen LogP contribution in [0.5, 0.6) is 0 Å². The molecule has 0 unspecified atom stereocenters. The first-order chi connectivity index (χ1) is 13.0. The average molecular weight is 365 g/mol. The Labute approximate surface area is 154 Å². The molecule has 1 atom stereocenters. The second-order valence-corrected chi connectivity index (χ2v) is 5.57. The highest BCUT2D eigenvalue weighted by atomic mass is 16.6. The Hall–Kier alpha value is -3.94. The third-order valence-electron chi connectivity index (χ3n) is 3.71. The maximum Gasteiger partial charge on any atom is 0.288 e. The number of nitrogens with one attached hydrogen (secondary N) is 2. The Balaban J connectivity index is 1.87. The van der Waals surface area contributed by atoms with Gasteiger partial charge in [0.2, 0.25) is 5.78 Å². The monoisotopic (exact) mass is 365 g/mol. The number of carbonyl (C=O) groups excluding carboxylic acids is 2. The number of nitro benzene ring substituents is 1. The van der Waals surface area contributed by atoms with Crippen molar-refractivity contribution in [2.75, 3.05) is 5.32 Å². The molecule has 0 aliphatic carbocycles. The molecule has 0 aliphatic rings. The number of hydrogen-bond acceptors (Lipinski definition) is 6. The molecule has 0 bridgehead atoms. The van der Waals surface area contributed by atoms with Crippen molar-refractivity contribution in [1.29, 1.82) is 0 Å². The number of carbonyl (C=O) groups is 2. The molecule has 8 nitrogen and oxygen atoms in total. The molecule has 1 heterocycles. The molecule has 1 amide bonds.